The smallest absolute Gasteiger partial charge is 0.303 e. The number of hydrogen-bond acceptors (Lipinski definition) is 5. The molecule has 0 saturated carbocycles. The van der Waals surface area contributed by atoms with E-state index in [9.17, 15) is 19.7 Å². The monoisotopic (exact) mass is 377 g/mol. The minimum Gasteiger partial charge on any atom is -0.481 e. The van der Waals surface area contributed by atoms with E-state index < -0.39 is 22.3 Å². The van der Waals surface area contributed by atoms with Crippen LogP contribution in [0.3, 0.4) is 0 Å². The van der Waals surface area contributed by atoms with Crippen LogP contribution in [0.1, 0.15) is 56.8 Å². The predicted molar refractivity (Wildman–Crippen MR) is 102 cm³/mol. The van der Waals surface area contributed by atoms with Crippen molar-refractivity contribution in [1.82, 2.24) is 5.32 Å². The van der Waals surface area contributed by atoms with Gasteiger partial charge in [-0.25, -0.2) is 0 Å². The molecule has 0 unspecified atom stereocenters. The number of rotatable bonds is 7. The largest absolute Gasteiger partial charge is 0.481 e. The summed E-state index contributed by atoms with van der Waals surface area (Å²) in [5.41, 5.74) is -0.0836. The molecule has 0 bridgehead atoms. The Labute approximate surface area is 158 Å². The minimum atomic E-state index is -0.937. The number of nitrogens with one attached hydrogen (secondary N) is 1. The van der Waals surface area contributed by atoms with Gasteiger partial charge >= 0.3 is 5.97 Å². The van der Waals surface area contributed by atoms with Gasteiger partial charge in [-0.2, -0.15) is 0 Å². The van der Waals surface area contributed by atoms with Crippen LogP contribution in [0, 0.1) is 16.0 Å². The van der Waals surface area contributed by atoms with E-state index in [-0.39, 0.29) is 24.1 Å². The first-order valence-corrected chi connectivity index (χ1v) is 9.17. The Hall–Kier alpha value is -2.64. The van der Waals surface area contributed by atoms with E-state index in [0.29, 0.717) is 11.6 Å². The predicted octanol–water partition coefficient (Wildman–Crippen LogP) is 3.20. The zero-order chi connectivity index (χ0) is 20.2. The molecule has 1 heterocycles. The van der Waals surface area contributed by atoms with Crippen molar-refractivity contribution in [3.63, 3.8) is 0 Å². The molecular weight excluding hydrogens is 350 g/mol. The van der Waals surface area contributed by atoms with E-state index >= 15 is 0 Å². The molecule has 2 N–H and O–H groups in total. The number of nitro benzene ring substituents is 1. The number of aliphatic carboxylic acids is 1. The van der Waals surface area contributed by atoms with Gasteiger partial charge in [0.2, 0.25) is 0 Å². The molecule has 27 heavy (non-hydrogen) atoms. The first-order valence-electron chi connectivity index (χ1n) is 9.17. The highest BCUT2D eigenvalue weighted by Crippen LogP contribution is 2.32. The van der Waals surface area contributed by atoms with Crippen molar-refractivity contribution >= 4 is 23.3 Å². The maximum Gasteiger partial charge on any atom is 0.303 e. The molecule has 1 aromatic carbocycles. The lowest BCUT2D eigenvalue weighted by Crippen LogP contribution is -2.43. The van der Waals surface area contributed by atoms with Gasteiger partial charge in [0.05, 0.1) is 4.92 Å². The highest BCUT2D eigenvalue weighted by atomic mass is 16.6. The fraction of sp³-hybridized carbons (Fsp3) is 0.579. The highest BCUT2D eigenvalue weighted by molar-refractivity contribution is 5.96. The Morgan fingerprint density at radius 2 is 1.96 bits per heavy atom. The van der Waals surface area contributed by atoms with Crippen LogP contribution < -0.4 is 10.2 Å². The normalized spacial score (nSPS) is 15.4. The van der Waals surface area contributed by atoms with E-state index in [1.807, 2.05) is 4.90 Å². The minimum absolute atomic E-state index is 0.0697. The second-order valence-electron chi connectivity index (χ2n) is 7.86. The van der Waals surface area contributed by atoms with Crippen molar-refractivity contribution in [2.75, 3.05) is 18.0 Å². The highest BCUT2D eigenvalue weighted by Gasteiger charge is 2.27. The standard InChI is InChI=1S/C19H27N3O5/c1-13-7-10-21(11-8-13)15-5-4-14(12-16(15)22(26)27)18(25)20-19(2,3)9-6-17(23)24/h4-5,12-13H,6-11H2,1-3H3,(H,20,25)(H,23,24). The zero-order valence-electron chi connectivity index (χ0n) is 16.0. The molecule has 2 rings (SSSR count). The van der Waals surface area contributed by atoms with E-state index in [1.165, 1.54) is 6.07 Å². The number of piperidine rings is 1. The molecule has 8 heteroatoms. The quantitative estimate of drug-likeness (QED) is 0.557. The summed E-state index contributed by atoms with van der Waals surface area (Å²) in [5.74, 6) is -0.779. The second kappa shape index (κ2) is 8.37. The van der Waals surface area contributed by atoms with Gasteiger partial charge in [-0.1, -0.05) is 6.92 Å². The Morgan fingerprint density at radius 1 is 1.33 bits per heavy atom. The maximum atomic E-state index is 12.5. The zero-order valence-corrected chi connectivity index (χ0v) is 16.0. The third kappa shape index (κ3) is 5.67. The van der Waals surface area contributed by atoms with Gasteiger partial charge in [-0.15, -0.1) is 0 Å². The van der Waals surface area contributed by atoms with Crippen LogP contribution in [-0.4, -0.2) is 40.5 Å². The number of nitrogens with zero attached hydrogens (tertiary/aromatic N) is 2. The number of hydrogen-bond donors (Lipinski definition) is 2. The Bertz CT molecular complexity index is 724. The van der Waals surface area contributed by atoms with Gasteiger partial charge in [0, 0.05) is 36.7 Å². The summed E-state index contributed by atoms with van der Waals surface area (Å²) in [6, 6.07) is 4.52. The van der Waals surface area contributed by atoms with Gasteiger partial charge < -0.3 is 15.3 Å². The molecule has 1 aromatic rings. The lowest BCUT2D eigenvalue weighted by atomic mass is 9.97. The molecule has 1 aliphatic heterocycles. The van der Waals surface area contributed by atoms with Gasteiger partial charge in [-0.05, 0) is 51.2 Å². The average Bonchev–Trinajstić information content (AvgIpc) is 2.60. The molecule has 1 aliphatic rings. The van der Waals surface area contributed by atoms with E-state index in [1.54, 1.807) is 26.0 Å². The van der Waals surface area contributed by atoms with E-state index in [0.717, 1.165) is 25.9 Å². The number of amides is 1. The summed E-state index contributed by atoms with van der Waals surface area (Å²) in [4.78, 5) is 36.3. The molecule has 0 aliphatic carbocycles. The molecule has 8 nitrogen and oxygen atoms in total. The van der Waals surface area contributed by atoms with E-state index in [2.05, 4.69) is 12.2 Å². The Kier molecular flexibility index (Phi) is 6.41. The number of carboxylic acid groups (broad SMARTS) is 1. The number of anilines is 1. The summed E-state index contributed by atoms with van der Waals surface area (Å²) >= 11 is 0. The SMILES string of the molecule is CC1CCN(c2ccc(C(=O)NC(C)(C)CCC(=O)O)cc2[N+](=O)[O-])CC1. The van der Waals surface area contributed by atoms with Crippen LogP contribution in [0.15, 0.2) is 18.2 Å². The summed E-state index contributed by atoms with van der Waals surface area (Å²) in [6.45, 7) is 7.15. The van der Waals surface area contributed by atoms with Crippen LogP contribution in [0.5, 0.6) is 0 Å². The summed E-state index contributed by atoms with van der Waals surface area (Å²) < 4.78 is 0. The van der Waals surface area contributed by atoms with Crippen molar-refractivity contribution in [1.29, 1.82) is 0 Å². The molecular formula is C19H27N3O5. The molecule has 0 radical (unpaired) electrons. The molecule has 1 saturated heterocycles. The van der Waals surface area contributed by atoms with Gasteiger partial charge in [0.1, 0.15) is 5.69 Å². The number of carboxylic acids is 1. The molecule has 0 atom stereocenters. The molecule has 148 valence electrons. The lowest BCUT2D eigenvalue weighted by molar-refractivity contribution is -0.384. The summed E-state index contributed by atoms with van der Waals surface area (Å²) in [5, 5.41) is 23.1. The van der Waals surface area contributed by atoms with Crippen molar-refractivity contribution < 1.29 is 19.6 Å². The fourth-order valence-electron chi connectivity index (χ4n) is 3.19. The van der Waals surface area contributed by atoms with Crippen molar-refractivity contribution in [3.05, 3.63) is 33.9 Å². The first kappa shape index (κ1) is 20.7. The van der Waals surface area contributed by atoms with Gasteiger partial charge in [0.15, 0.2) is 0 Å². The summed E-state index contributed by atoms with van der Waals surface area (Å²) in [6.07, 6.45) is 2.16. The third-order valence-electron chi connectivity index (χ3n) is 4.97. The third-order valence-corrected chi connectivity index (χ3v) is 4.97. The van der Waals surface area contributed by atoms with Crippen LogP contribution in [0.25, 0.3) is 0 Å². The Morgan fingerprint density at radius 3 is 2.52 bits per heavy atom. The lowest BCUT2D eigenvalue weighted by Gasteiger charge is -2.32. The molecule has 0 spiro atoms. The van der Waals surface area contributed by atoms with Crippen LogP contribution in [0.2, 0.25) is 0 Å². The maximum absolute atomic E-state index is 12.5. The molecule has 1 fully saturated rings. The van der Waals surface area contributed by atoms with E-state index in [4.69, 9.17) is 5.11 Å². The van der Waals surface area contributed by atoms with Crippen molar-refractivity contribution in [2.45, 2.75) is 52.0 Å². The first-order chi connectivity index (χ1) is 12.6. The number of benzene rings is 1. The van der Waals surface area contributed by atoms with Gasteiger partial charge in [0.25, 0.3) is 11.6 Å². The van der Waals surface area contributed by atoms with Gasteiger partial charge in [-0.3, -0.25) is 19.7 Å². The van der Waals surface area contributed by atoms with Crippen LogP contribution in [-0.2, 0) is 4.79 Å². The number of carbonyl (C=O) groups is 2. The number of carbonyl (C=O) groups excluding carboxylic acids is 1. The molecule has 1 amide bonds. The van der Waals surface area contributed by atoms with Crippen molar-refractivity contribution in [3.8, 4) is 0 Å². The van der Waals surface area contributed by atoms with Crippen LogP contribution >= 0.6 is 0 Å². The van der Waals surface area contributed by atoms with Crippen LogP contribution in [0.4, 0.5) is 11.4 Å². The number of nitro groups is 1. The second-order valence-corrected chi connectivity index (χ2v) is 7.86. The topological polar surface area (TPSA) is 113 Å². The Balaban J connectivity index is 2.18. The van der Waals surface area contributed by atoms with Crippen molar-refractivity contribution in [2.24, 2.45) is 5.92 Å². The fourth-order valence-corrected chi connectivity index (χ4v) is 3.19. The average molecular weight is 377 g/mol. The molecule has 0 aromatic heterocycles. The summed E-state index contributed by atoms with van der Waals surface area (Å²) in [7, 11) is 0.